The first-order valence-electron chi connectivity index (χ1n) is 4.96. The van der Waals surface area contributed by atoms with Gasteiger partial charge in [0.05, 0.1) is 23.5 Å². The first-order chi connectivity index (χ1) is 7.22. The number of aryl methyl sites for hydroxylation is 1. The van der Waals surface area contributed by atoms with E-state index < -0.39 is 6.10 Å². The van der Waals surface area contributed by atoms with Crippen LogP contribution in [0.15, 0.2) is 24.5 Å². The van der Waals surface area contributed by atoms with Gasteiger partial charge in [-0.15, -0.1) is 0 Å². The number of hydrogen-bond acceptors (Lipinski definition) is 3. The molecule has 1 atom stereocenters. The third-order valence-electron chi connectivity index (χ3n) is 2.53. The van der Waals surface area contributed by atoms with Gasteiger partial charge >= 0.3 is 0 Å². The normalized spacial score (nSPS) is 13.3. The lowest BCUT2D eigenvalue weighted by molar-refractivity contribution is 0.178. The van der Waals surface area contributed by atoms with E-state index in [2.05, 4.69) is 10.3 Å². The number of aliphatic hydroxyl groups excluding tert-OH is 1. The van der Waals surface area contributed by atoms with E-state index in [1.54, 1.807) is 6.33 Å². The van der Waals surface area contributed by atoms with E-state index in [4.69, 9.17) is 0 Å². The number of likely N-dealkylation sites (N-methyl/N-ethyl adjacent to an activating group) is 1. The summed E-state index contributed by atoms with van der Waals surface area (Å²) in [6.45, 7) is 0.554. The van der Waals surface area contributed by atoms with Gasteiger partial charge in [0.2, 0.25) is 0 Å². The Labute approximate surface area is 88.6 Å². The summed E-state index contributed by atoms with van der Waals surface area (Å²) in [5, 5.41) is 12.7. The number of imidazole rings is 1. The Bertz CT molecular complexity index is 464. The van der Waals surface area contributed by atoms with Crippen molar-refractivity contribution in [2.45, 2.75) is 6.10 Å². The molecule has 2 N–H and O–H groups in total. The maximum atomic E-state index is 9.79. The molecule has 0 spiro atoms. The molecule has 0 saturated carbocycles. The van der Waals surface area contributed by atoms with Crippen molar-refractivity contribution in [1.82, 2.24) is 14.9 Å². The molecular weight excluding hydrogens is 190 g/mol. The summed E-state index contributed by atoms with van der Waals surface area (Å²) < 4.78 is 1.96. The SMILES string of the molecule is CNCC(O)c1ccc2c(c1)ncn2C. The fourth-order valence-corrected chi connectivity index (χ4v) is 1.67. The van der Waals surface area contributed by atoms with Crippen molar-refractivity contribution in [2.24, 2.45) is 7.05 Å². The van der Waals surface area contributed by atoms with Crippen molar-refractivity contribution in [1.29, 1.82) is 0 Å². The van der Waals surface area contributed by atoms with Crippen molar-refractivity contribution in [2.75, 3.05) is 13.6 Å². The number of rotatable bonds is 3. The van der Waals surface area contributed by atoms with E-state index in [0.29, 0.717) is 6.54 Å². The summed E-state index contributed by atoms with van der Waals surface area (Å²) >= 11 is 0. The molecule has 0 radical (unpaired) electrons. The molecule has 1 aromatic carbocycles. The molecule has 15 heavy (non-hydrogen) atoms. The maximum absolute atomic E-state index is 9.79. The van der Waals surface area contributed by atoms with Crippen molar-refractivity contribution in [3.63, 3.8) is 0 Å². The van der Waals surface area contributed by atoms with Gasteiger partial charge in [-0.25, -0.2) is 4.98 Å². The number of nitrogens with one attached hydrogen (secondary N) is 1. The minimum absolute atomic E-state index is 0.471. The highest BCUT2D eigenvalue weighted by atomic mass is 16.3. The molecule has 1 aromatic heterocycles. The van der Waals surface area contributed by atoms with Crippen LogP contribution in [0.3, 0.4) is 0 Å². The highest BCUT2D eigenvalue weighted by Crippen LogP contribution is 2.18. The monoisotopic (exact) mass is 205 g/mol. The summed E-state index contributed by atoms with van der Waals surface area (Å²) in [5.74, 6) is 0. The molecule has 80 valence electrons. The van der Waals surface area contributed by atoms with E-state index in [1.165, 1.54) is 0 Å². The Balaban J connectivity index is 2.38. The van der Waals surface area contributed by atoms with Crippen LogP contribution < -0.4 is 5.32 Å². The van der Waals surface area contributed by atoms with Crippen molar-refractivity contribution >= 4 is 11.0 Å². The third kappa shape index (κ3) is 1.86. The van der Waals surface area contributed by atoms with Crippen molar-refractivity contribution in [3.05, 3.63) is 30.1 Å². The van der Waals surface area contributed by atoms with E-state index in [9.17, 15) is 5.11 Å². The second-order valence-electron chi connectivity index (χ2n) is 3.68. The van der Waals surface area contributed by atoms with Gasteiger partial charge in [-0.3, -0.25) is 0 Å². The summed E-state index contributed by atoms with van der Waals surface area (Å²) in [6.07, 6.45) is 1.31. The van der Waals surface area contributed by atoms with Crippen LogP contribution in [0.2, 0.25) is 0 Å². The molecule has 0 aliphatic rings. The Kier molecular flexibility index (Phi) is 2.70. The van der Waals surface area contributed by atoms with Gasteiger partial charge in [-0.2, -0.15) is 0 Å². The molecule has 2 rings (SSSR count). The number of nitrogens with zero attached hydrogens (tertiary/aromatic N) is 2. The quantitative estimate of drug-likeness (QED) is 0.780. The Morgan fingerprint density at radius 3 is 3.07 bits per heavy atom. The molecule has 1 heterocycles. The molecule has 1 unspecified atom stereocenters. The van der Waals surface area contributed by atoms with Gasteiger partial charge in [-0.05, 0) is 24.7 Å². The van der Waals surface area contributed by atoms with Crippen LogP contribution in [0, 0.1) is 0 Å². The van der Waals surface area contributed by atoms with Crippen LogP contribution in [0.1, 0.15) is 11.7 Å². The van der Waals surface area contributed by atoms with Crippen LogP contribution in [0.25, 0.3) is 11.0 Å². The molecule has 0 aliphatic carbocycles. The van der Waals surface area contributed by atoms with Gasteiger partial charge in [0, 0.05) is 13.6 Å². The van der Waals surface area contributed by atoms with Crippen LogP contribution in [0.4, 0.5) is 0 Å². The van der Waals surface area contributed by atoms with E-state index in [0.717, 1.165) is 16.6 Å². The highest BCUT2D eigenvalue weighted by Gasteiger charge is 2.08. The van der Waals surface area contributed by atoms with Gasteiger partial charge in [-0.1, -0.05) is 6.07 Å². The lowest BCUT2D eigenvalue weighted by Gasteiger charge is -2.09. The average molecular weight is 205 g/mol. The second-order valence-corrected chi connectivity index (χ2v) is 3.68. The summed E-state index contributed by atoms with van der Waals surface area (Å²) in [5.41, 5.74) is 2.90. The van der Waals surface area contributed by atoms with Crippen molar-refractivity contribution < 1.29 is 5.11 Å². The maximum Gasteiger partial charge on any atom is 0.0955 e. The smallest absolute Gasteiger partial charge is 0.0955 e. The zero-order valence-corrected chi connectivity index (χ0v) is 8.94. The van der Waals surface area contributed by atoms with Crippen LogP contribution in [-0.2, 0) is 7.05 Å². The largest absolute Gasteiger partial charge is 0.387 e. The summed E-state index contributed by atoms with van der Waals surface area (Å²) in [4.78, 5) is 4.25. The number of hydrogen-bond donors (Lipinski definition) is 2. The fraction of sp³-hybridized carbons (Fsp3) is 0.364. The van der Waals surface area contributed by atoms with Gasteiger partial charge in [0.1, 0.15) is 0 Å². The molecule has 2 aromatic rings. The third-order valence-corrected chi connectivity index (χ3v) is 2.53. The van der Waals surface area contributed by atoms with Gasteiger partial charge in [0.15, 0.2) is 0 Å². The van der Waals surface area contributed by atoms with E-state index in [-0.39, 0.29) is 0 Å². The molecule has 4 heteroatoms. The molecule has 4 nitrogen and oxygen atoms in total. The van der Waals surface area contributed by atoms with Gasteiger partial charge in [0.25, 0.3) is 0 Å². The van der Waals surface area contributed by atoms with Crippen LogP contribution in [0.5, 0.6) is 0 Å². The van der Waals surface area contributed by atoms with E-state index in [1.807, 2.05) is 36.9 Å². The molecule has 0 amide bonds. The Morgan fingerprint density at radius 1 is 1.53 bits per heavy atom. The highest BCUT2D eigenvalue weighted by molar-refractivity contribution is 5.76. The predicted octanol–water partition coefficient (Wildman–Crippen LogP) is 0.826. The van der Waals surface area contributed by atoms with Crippen LogP contribution in [-0.4, -0.2) is 28.3 Å². The van der Waals surface area contributed by atoms with Gasteiger partial charge < -0.3 is 15.0 Å². The topological polar surface area (TPSA) is 50.1 Å². The van der Waals surface area contributed by atoms with E-state index >= 15 is 0 Å². The molecule has 0 bridgehead atoms. The average Bonchev–Trinajstić information content (AvgIpc) is 2.60. The number of fused-ring (bicyclic) bond motifs is 1. The minimum Gasteiger partial charge on any atom is -0.387 e. The van der Waals surface area contributed by atoms with Crippen molar-refractivity contribution in [3.8, 4) is 0 Å². The number of benzene rings is 1. The Hall–Kier alpha value is -1.39. The molecule has 0 aliphatic heterocycles. The first kappa shape index (κ1) is 10.1. The minimum atomic E-state index is -0.471. The zero-order valence-electron chi connectivity index (χ0n) is 8.94. The predicted molar refractivity (Wildman–Crippen MR) is 59.6 cm³/mol. The number of aliphatic hydroxyl groups is 1. The standard InChI is InChI=1S/C11H15N3O/c1-12-6-11(15)8-3-4-10-9(5-8)13-7-14(10)2/h3-5,7,11-12,15H,6H2,1-2H3. The zero-order chi connectivity index (χ0) is 10.8. The fourth-order valence-electron chi connectivity index (χ4n) is 1.67. The second kappa shape index (κ2) is 4.00. The molecule has 0 fully saturated rings. The lowest BCUT2D eigenvalue weighted by Crippen LogP contribution is -2.16. The summed E-state index contributed by atoms with van der Waals surface area (Å²) in [7, 11) is 3.78. The Morgan fingerprint density at radius 2 is 2.33 bits per heavy atom. The first-order valence-corrected chi connectivity index (χ1v) is 4.96. The molecular formula is C11H15N3O. The lowest BCUT2D eigenvalue weighted by atomic mass is 10.1. The summed E-state index contributed by atoms with van der Waals surface area (Å²) in [6, 6.07) is 5.85. The molecule has 0 saturated heterocycles. The number of aromatic nitrogens is 2. The van der Waals surface area contributed by atoms with Crippen LogP contribution >= 0.6 is 0 Å².